The zero-order valence-corrected chi connectivity index (χ0v) is 14.3. The topological polar surface area (TPSA) is 66.5 Å². The van der Waals surface area contributed by atoms with Crippen LogP contribution in [0.4, 0.5) is 11.4 Å². The lowest BCUT2D eigenvalue weighted by atomic mass is 10.0. The van der Waals surface area contributed by atoms with E-state index in [2.05, 4.69) is 5.32 Å². The molecule has 1 atom stereocenters. The lowest BCUT2D eigenvalue weighted by Crippen LogP contribution is -2.36. The summed E-state index contributed by atoms with van der Waals surface area (Å²) in [5, 5.41) is 2.91. The first-order valence-corrected chi connectivity index (χ1v) is 8.34. The van der Waals surface area contributed by atoms with E-state index in [1.807, 2.05) is 25.1 Å². The molecule has 0 saturated carbocycles. The van der Waals surface area contributed by atoms with Gasteiger partial charge in [-0.15, -0.1) is 0 Å². The lowest BCUT2D eigenvalue weighted by Gasteiger charge is -2.24. The summed E-state index contributed by atoms with van der Waals surface area (Å²) in [6, 6.07) is 13.9. The Labute approximate surface area is 146 Å². The first-order chi connectivity index (χ1) is 12.0. The van der Waals surface area contributed by atoms with Crippen LogP contribution in [-0.2, 0) is 4.79 Å². The Kier molecular flexibility index (Phi) is 4.65. The largest absolute Gasteiger partial charge is 0.324 e. The second-order valence-electron chi connectivity index (χ2n) is 6.16. The Bertz CT molecular complexity index is 827. The smallest absolute Gasteiger partial charge is 0.258 e. The predicted octanol–water partition coefficient (Wildman–Crippen LogP) is 3.51. The van der Waals surface area contributed by atoms with Crippen molar-refractivity contribution >= 4 is 29.0 Å². The van der Waals surface area contributed by atoms with Gasteiger partial charge < -0.3 is 10.2 Å². The van der Waals surface area contributed by atoms with Crippen LogP contribution in [0.25, 0.3) is 0 Å². The molecule has 5 nitrogen and oxygen atoms in total. The number of hydrogen-bond acceptors (Lipinski definition) is 3. The molecule has 128 valence electrons. The maximum Gasteiger partial charge on any atom is 0.258 e. The van der Waals surface area contributed by atoms with E-state index in [-0.39, 0.29) is 23.5 Å². The van der Waals surface area contributed by atoms with Crippen molar-refractivity contribution in [3.05, 3.63) is 59.7 Å². The maximum atomic E-state index is 13.1. The summed E-state index contributed by atoms with van der Waals surface area (Å²) in [6.45, 7) is 3.75. The maximum absolute atomic E-state index is 13.1. The van der Waals surface area contributed by atoms with Gasteiger partial charge in [-0.3, -0.25) is 14.4 Å². The molecule has 2 aromatic rings. The molecule has 1 aliphatic heterocycles. The van der Waals surface area contributed by atoms with E-state index in [0.29, 0.717) is 35.5 Å². The number of hydrogen-bond donors (Lipinski definition) is 1. The lowest BCUT2D eigenvalue weighted by molar-refractivity contribution is -0.119. The molecule has 0 fully saturated rings. The van der Waals surface area contributed by atoms with Gasteiger partial charge in [0.2, 0.25) is 5.91 Å². The minimum atomic E-state index is -0.271. The van der Waals surface area contributed by atoms with Gasteiger partial charge in [0.25, 0.3) is 5.91 Å². The van der Waals surface area contributed by atoms with E-state index in [4.69, 9.17) is 0 Å². The summed E-state index contributed by atoms with van der Waals surface area (Å²) in [7, 11) is 0. The van der Waals surface area contributed by atoms with E-state index in [0.717, 1.165) is 0 Å². The number of para-hydroxylation sites is 2. The normalized spacial score (nSPS) is 16.6. The number of benzene rings is 2. The fourth-order valence-electron chi connectivity index (χ4n) is 2.96. The average molecular weight is 336 g/mol. The third-order valence-electron chi connectivity index (χ3n) is 4.50. The Morgan fingerprint density at radius 2 is 1.72 bits per heavy atom. The number of carbonyl (C=O) groups is 3. The minimum Gasteiger partial charge on any atom is -0.324 e. The summed E-state index contributed by atoms with van der Waals surface area (Å²) in [6.07, 6.45) is 0.646. The van der Waals surface area contributed by atoms with Crippen LogP contribution in [0.5, 0.6) is 0 Å². The van der Waals surface area contributed by atoms with E-state index >= 15 is 0 Å². The van der Waals surface area contributed by atoms with Crippen LogP contribution in [0.3, 0.4) is 0 Å². The molecule has 0 radical (unpaired) electrons. The van der Waals surface area contributed by atoms with Crippen molar-refractivity contribution in [2.24, 2.45) is 5.92 Å². The van der Waals surface area contributed by atoms with Gasteiger partial charge in [-0.1, -0.05) is 31.2 Å². The predicted molar refractivity (Wildman–Crippen MR) is 97.0 cm³/mol. The van der Waals surface area contributed by atoms with Gasteiger partial charge in [-0.25, -0.2) is 0 Å². The molecule has 1 heterocycles. The number of rotatable bonds is 3. The van der Waals surface area contributed by atoms with Crippen molar-refractivity contribution in [1.29, 1.82) is 0 Å². The molecular formula is C20H20N2O3. The van der Waals surface area contributed by atoms with E-state index in [1.165, 1.54) is 6.92 Å². The third-order valence-corrected chi connectivity index (χ3v) is 4.50. The molecule has 5 heteroatoms. The van der Waals surface area contributed by atoms with Crippen molar-refractivity contribution in [1.82, 2.24) is 0 Å². The van der Waals surface area contributed by atoms with E-state index in [9.17, 15) is 14.4 Å². The average Bonchev–Trinajstić information content (AvgIpc) is 2.77. The monoisotopic (exact) mass is 336 g/mol. The van der Waals surface area contributed by atoms with Gasteiger partial charge in [0.05, 0.1) is 17.3 Å². The SMILES string of the molecule is CC[C@H]1CN(C(=O)c2ccc(C(C)=O)cc2)c2ccccc2NC1=O. The Morgan fingerprint density at radius 3 is 2.36 bits per heavy atom. The number of amides is 2. The van der Waals surface area contributed by atoms with Crippen LogP contribution in [0.15, 0.2) is 48.5 Å². The number of fused-ring (bicyclic) bond motifs is 1. The fourth-order valence-corrected chi connectivity index (χ4v) is 2.96. The third kappa shape index (κ3) is 3.31. The van der Waals surface area contributed by atoms with Crippen LogP contribution in [-0.4, -0.2) is 24.1 Å². The van der Waals surface area contributed by atoms with Gasteiger partial charge in [0.1, 0.15) is 0 Å². The first kappa shape index (κ1) is 16.9. The van der Waals surface area contributed by atoms with Crippen LogP contribution in [0, 0.1) is 5.92 Å². The molecule has 0 aromatic heterocycles. The van der Waals surface area contributed by atoms with Crippen LogP contribution >= 0.6 is 0 Å². The fraction of sp³-hybridized carbons (Fsp3) is 0.250. The highest BCUT2D eigenvalue weighted by Crippen LogP contribution is 2.31. The second kappa shape index (κ2) is 6.89. The molecule has 0 saturated heterocycles. The van der Waals surface area contributed by atoms with Crippen LogP contribution < -0.4 is 10.2 Å². The van der Waals surface area contributed by atoms with E-state index in [1.54, 1.807) is 35.2 Å². The standard InChI is InChI=1S/C20H20N2O3/c1-3-14-12-22(18-7-5-4-6-17(18)21-19(14)24)20(25)16-10-8-15(9-11-16)13(2)23/h4-11,14H,3,12H2,1-2H3,(H,21,24)/t14-/m0/s1. The zero-order valence-electron chi connectivity index (χ0n) is 14.3. The quantitative estimate of drug-likeness (QED) is 0.872. The van der Waals surface area contributed by atoms with Gasteiger partial charge in [-0.05, 0) is 37.6 Å². The minimum absolute atomic E-state index is 0.0417. The van der Waals surface area contributed by atoms with Gasteiger partial charge in [0.15, 0.2) is 5.78 Å². The van der Waals surface area contributed by atoms with Gasteiger partial charge >= 0.3 is 0 Å². The molecule has 1 aliphatic rings. The molecule has 0 aliphatic carbocycles. The van der Waals surface area contributed by atoms with Crippen molar-refractivity contribution in [3.63, 3.8) is 0 Å². The van der Waals surface area contributed by atoms with Crippen molar-refractivity contribution in [2.75, 3.05) is 16.8 Å². The Morgan fingerprint density at radius 1 is 1.08 bits per heavy atom. The van der Waals surface area contributed by atoms with Crippen molar-refractivity contribution in [3.8, 4) is 0 Å². The highest BCUT2D eigenvalue weighted by molar-refractivity contribution is 6.11. The molecule has 0 spiro atoms. The van der Waals surface area contributed by atoms with E-state index < -0.39 is 0 Å². The van der Waals surface area contributed by atoms with Crippen molar-refractivity contribution in [2.45, 2.75) is 20.3 Å². The van der Waals surface area contributed by atoms with Crippen LogP contribution in [0.1, 0.15) is 41.0 Å². The molecule has 0 bridgehead atoms. The number of nitrogens with one attached hydrogen (secondary N) is 1. The molecule has 2 amide bonds. The van der Waals surface area contributed by atoms with Crippen LogP contribution in [0.2, 0.25) is 0 Å². The molecule has 0 unspecified atom stereocenters. The summed E-state index contributed by atoms with van der Waals surface area (Å²) in [4.78, 5) is 38.5. The summed E-state index contributed by atoms with van der Waals surface area (Å²) in [5.74, 6) is -0.567. The number of anilines is 2. The number of ketones is 1. The highest BCUT2D eigenvalue weighted by atomic mass is 16.2. The summed E-state index contributed by atoms with van der Waals surface area (Å²) < 4.78 is 0. The molecule has 25 heavy (non-hydrogen) atoms. The zero-order chi connectivity index (χ0) is 18.0. The molecular weight excluding hydrogens is 316 g/mol. The Hall–Kier alpha value is -2.95. The summed E-state index contributed by atoms with van der Waals surface area (Å²) >= 11 is 0. The molecule has 2 aromatic carbocycles. The molecule has 3 rings (SSSR count). The highest BCUT2D eigenvalue weighted by Gasteiger charge is 2.30. The number of Topliss-reactive ketones (excluding diaryl/α,β-unsaturated/α-hetero) is 1. The Balaban J connectivity index is 1.99. The summed E-state index contributed by atoms with van der Waals surface area (Å²) in [5.41, 5.74) is 2.38. The number of carbonyl (C=O) groups excluding carboxylic acids is 3. The number of nitrogens with zero attached hydrogens (tertiary/aromatic N) is 1. The molecule has 1 N–H and O–H groups in total. The van der Waals surface area contributed by atoms with Gasteiger partial charge in [-0.2, -0.15) is 0 Å². The van der Waals surface area contributed by atoms with Crippen molar-refractivity contribution < 1.29 is 14.4 Å². The van der Waals surface area contributed by atoms with Gasteiger partial charge in [0, 0.05) is 17.7 Å². The first-order valence-electron chi connectivity index (χ1n) is 8.34. The second-order valence-corrected chi connectivity index (χ2v) is 6.16.